The van der Waals surface area contributed by atoms with E-state index in [1.54, 1.807) is 0 Å². The van der Waals surface area contributed by atoms with E-state index < -0.39 is 0 Å². The molecule has 1 fully saturated rings. The first-order chi connectivity index (χ1) is 11.0. The second-order valence-corrected chi connectivity index (χ2v) is 6.81. The summed E-state index contributed by atoms with van der Waals surface area (Å²) in [4.78, 5) is 6.91. The van der Waals surface area contributed by atoms with Crippen LogP contribution in [0.1, 0.15) is 37.8 Å². The molecular formula is C19H31IN4. The molecular weight excluding hydrogens is 411 g/mol. The van der Waals surface area contributed by atoms with E-state index in [4.69, 9.17) is 5.73 Å². The average molecular weight is 442 g/mol. The van der Waals surface area contributed by atoms with Gasteiger partial charge in [-0.2, -0.15) is 0 Å². The van der Waals surface area contributed by atoms with Crippen molar-refractivity contribution >= 4 is 29.9 Å². The van der Waals surface area contributed by atoms with Crippen molar-refractivity contribution in [3.05, 3.63) is 47.5 Å². The van der Waals surface area contributed by atoms with E-state index in [-0.39, 0.29) is 24.0 Å². The van der Waals surface area contributed by atoms with E-state index in [0.717, 1.165) is 18.0 Å². The van der Waals surface area contributed by atoms with E-state index in [1.807, 2.05) is 6.92 Å². The number of likely N-dealkylation sites (tertiary alicyclic amines) is 1. The Hall–Kier alpha value is -1.08. The fourth-order valence-corrected chi connectivity index (χ4v) is 2.91. The lowest BCUT2D eigenvalue weighted by Crippen LogP contribution is -2.33. The van der Waals surface area contributed by atoms with Crippen molar-refractivity contribution in [3.8, 4) is 0 Å². The minimum absolute atomic E-state index is 0. The van der Waals surface area contributed by atoms with Gasteiger partial charge in [0.25, 0.3) is 0 Å². The molecule has 1 saturated heterocycles. The molecule has 134 valence electrons. The average Bonchev–Trinajstić information content (AvgIpc) is 2.52. The van der Waals surface area contributed by atoms with Gasteiger partial charge in [-0.1, -0.05) is 43.3 Å². The normalized spacial score (nSPS) is 18.8. The van der Waals surface area contributed by atoms with Crippen molar-refractivity contribution in [2.75, 3.05) is 19.6 Å². The Labute approximate surface area is 163 Å². The molecule has 0 aromatic heterocycles. The maximum atomic E-state index is 5.83. The van der Waals surface area contributed by atoms with Gasteiger partial charge in [-0.05, 0) is 43.4 Å². The third-order valence-corrected chi connectivity index (χ3v) is 4.17. The van der Waals surface area contributed by atoms with Crippen LogP contribution in [0.3, 0.4) is 0 Å². The molecule has 2 rings (SSSR count). The molecule has 1 unspecified atom stereocenters. The third-order valence-electron chi connectivity index (χ3n) is 4.17. The third kappa shape index (κ3) is 7.66. The number of benzene rings is 1. The van der Waals surface area contributed by atoms with E-state index in [0.29, 0.717) is 19.0 Å². The second-order valence-electron chi connectivity index (χ2n) is 6.81. The summed E-state index contributed by atoms with van der Waals surface area (Å²) in [5.74, 6) is 1.30. The molecule has 1 atom stereocenters. The first-order valence-corrected chi connectivity index (χ1v) is 8.51. The summed E-state index contributed by atoms with van der Waals surface area (Å²) >= 11 is 0. The molecule has 0 saturated carbocycles. The van der Waals surface area contributed by atoms with Crippen molar-refractivity contribution in [2.24, 2.45) is 16.6 Å². The van der Waals surface area contributed by atoms with Crippen LogP contribution in [0.2, 0.25) is 0 Å². The summed E-state index contributed by atoms with van der Waals surface area (Å²) in [5, 5.41) is 3.04. The molecule has 1 aliphatic rings. The minimum Gasteiger partial charge on any atom is -0.370 e. The molecule has 0 amide bonds. The molecule has 1 aliphatic heterocycles. The standard InChI is InChI=1S/C19H30N4.HI/c1-15(2)11-21-19(20)22-12-17-6-8-18(9-7-17)14-23-10-4-5-16(3)13-23;/h6-9,16H,1,4-5,10-14H2,2-3H3,(H3,20,21,22);1H. The lowest BCUT2D eigenvalue weighted by atomic mass is 9.99. The number of piperidine rings is 1. The molecule has 0 spiro atoms. The predicted molar refractivity (Wildman–Crippen MR) is 114 cm³/mol. The van der Waals surface area contributed by atoms with E-state index in [1.165, 1.54) is 37.1 Å². The highest BCUT2D eigenvalue weighted by Gasteiger charge is 2.15. The number of nitrogens with one attached hydrogen (secondary N) is 1. The Morgan fingerprint density at radius 3 is 2.62 bits per heavy atom. The van der Waals surface area contributed by atoms with Gasteiger partial charge in [0.05, 0.1) is 6.54 Å². The number of aliphatic imine (C=N–C) groups is 1. The van der Waals surface area contributed by atoms with Crippen molar-refractivity contribution in [3.63, 3.8) is 0 Å². The van der Waals surface area contributed by atoms with E-state index in [2.05, 4.69) is 53.0 Å². The van der Waals surface area contributed by atoms with Crippen molar-refractivity contribution < 1.29 is 0 Å². The Morgan fingerprint density at radius 2 is 2.00 bits per heavy atom. The predicted octanol–water partition coefficient (Wildman–Crippen LogP) is 3.52. The highest BCUT2D eigenvalue weighted by Crippen LogP contribution is 2.18. The van der Waals surface area contributed by atoms with Crippen LogP contribution in [0.5, 0.6) is 0 Å². The molecule has 24 heavy (non-hydrogen) atoms. The summed E-state index contributed by atoms with van der Waals surface area (Å²) in [6.45, 7) is 12.9. The molecule has 4 nitrogen and oxygen atoms in total. The zero-order chi connectivity index (χ0) is 16.7. The van der Waals surface area contributed by atoms with Crippen LogP contribution >= 0.6 is 24.0 Å². The molecule has 0 bridgehead atoms. The highest BCUT2D eigenvalue weighted by atomic mass is 127. The second kappa shape index (κ2) is 10.7. The smallest absolute Gasteiger partial charge is 0.189 e. The van der Waals surface area contributed by atoms with Crippen LogP contribution in [0.4, 0.5) is 0 Å². The number of nitrogens with two attached hydrogens (primary N) is 1. The summed E-state index contributed by atoms with van der Waals surface area (Å²) in [7, 11) is 0. The number of nitrogens with zero attached hydrogens (tertiary/aromatic N) is 2. The maximum Gasteiger partial charge on any atom is 0.189 e. The molecule has 1 heterocycles. The van der Waals surface area contributed by atoms with Gasteiger partial charge < -0.3 is 11.1 Å². The minimum atomic E-state index is 0. The zero-order valence-electron chi connectivity index (χ0n) is 14.9. The number of guanidine groups is 1. The van der Waals surface area contributed by atoms with Crippen LogP contribution in [-0.2, 0) is 13.1 Å². The van der Waals surface area contributed by atoms with Gasteiger partial charge in [0.15, 0.2) is 5.96 Å². The van der Waals surface area contributed by atoms with Gasteiger partial charge in [0.2, 0.25) is 0 Å². The summed E-state index contributed by atoms with van der Waals surface area (Å²) in [6, 6.07) is 8.72. The molecule has 0 radical (unpaired) electrons. The van der Waals surface area contributed by atoms with E-state index >= 15 is 0 Å². The maximum absolute atomic E-state index is 5.83. The first-order valence-electron chi connectivity index (χ1n) is 8.51. The topological polar surface area (TPSA) is 53.6 Å². The summed E-state index contributed by atoms with van der Waals surface area (Å²) in [6.07, 6.45) is 2.69. The van der Waals surface area contributed by atoms with Crippen LogP contribution in [-0.4, -0.2) is 30.5 Å². The van der Waals surface area contributed by atoms with Gasteiger partial charge in [-0.15, -0.1) is 24.0 Å². The van der Waals surface area contributed by atoms with Gasteiger partial charge in [0, 0.05) is 19.6 Å². The van der Waals surface area contributed by atoms with Crippen LogP contribution in [0, 0.1) is 5.92 Å². The van der Waals surface area contributed by atoms with Crippen LogP contribution in [0.15, 0.2) is 41.4 Å². The van der Waals surface area contributed by atoms with Gasteiger partial charge in [-0.25, -0.2) is 4.99 Å². The van der Waals surface area contributed by atoms with Gasteiger partial charge in [-0.3, -0.25) is 4.90 Å². The first kappa shape index (κ1) is 21.0. The molecule has 0 aliphatic carbocycles. The van der Waals surface area contributed by atoms with Crippen molar-refractivity contribution in [1.29, 1.82) is 0 Å². The summed E-state index contributed by atoms with van der Waals surface area (Å²) in [5.41, 5.74) is 9.43. The monoisotopic (exact) mass is 442 g/mol. The quantitative estimate of drug-likeness (QED) is 0.307. The molecule has 1 aromatic carbocycles. The fraction of sp³-hybridized carbons (Fsp3) is 0.526. The molecule has 1 aromatic rings. The summed E-state index contributed by atoms with van der Waals surface area (Å²) < 4.78 is 0. The Bertz CT molecular complexity index is 539. The Morgan fingerprint density at radius 1 is 1.33 bits per heavy atom. The lowest BCUT2D eigenvalue weighted by molar-refractivity contribution is 0.176. The Kier molecular flexibility index (Phi) is 9.36. The van der Waals surface area contributed by atoms with E-state index in [9.17, 15) is 0 Å². The zero-order valence-corrected chi connectivity index (χ0v) is 17.3. The van der Waals surface area contributed by atoms with Gasteiger partial charge >= 0.3 is 0 Å². The number of halogens is 1. The molecule has 3 N–H and O–H groups in total. The van der Waals surface area contributed by atoms with Crippen LogP contribution in [0.25, 0.3) is 0 Å². The lowest BCUT2D eigenvalue weighted by Gasteiger charge is -2.30. The van der Waals surface area contributed by atoms with Crippen LogP contribution < -0.4 is 11.1 Å². The van der Waals surface area contributed by atoms with Crippen molar-refractivity contribution in [2.45, 2.75) is 39.8 Å². The highest BCUT2D eigenvalue weighted by molar-refractivity contribution is 14.0. The molecule has 5 heteroatoms. The fourth-order valence-electron chi connectivity index (χ4n) is 2.91. The number of rotatable bonds is 6. The largest absolute Gasteiger partial charge is 0.370 e. The van der Waals surface area contributed by atoms with Gasteiger partial charge in [0.1, 0.15) is 0 Å². The SMILES string of the molecule is C=C(C)CNC(N)=NCc1ccc(CN2CCCC(C)C2)cc1.I. The number of hydrogen-bond acceptors (Lipinski definition) is 2. The number of hydrogen-bond donors (Lipinski definition) is 2. The van der Waals surface area contributed by atoms with Crippen molar-refractivity contribution in [1.82, 2.24) is 10.2 Å². The Balaban J connectivity index is 0.00000288.